The minimum absolute atomic E-state index is 0.00621. The molecule has 3 rings (SSSR count). The van der Waals surface area contributed by atoms with E-state index in [0.717, 1.165) is 0 Å². The first kappa shape index (κ1) is 13.7. The van der Waals surface area contributed by atoms with E-state index in [2.05, 4.69) is 5.10 Å². The molecule has 0 fully saturated rings. The predicted molar refractivity (Wildman–Crippen MR) is 80.9 cm³/mol. The Bertz CT molecular complexity index is 879. The van der Waals surface area contributed by atoms with Gasteiger partial charge in [-0.05, 0) is 24.3 Å². The van der Waals surface area contributed by atoms with Crippen molar-refractivity contribution in [3.05, 3.63) is 75.2 Å². The normalized spacial score (nSPS) is 10.6. The van der Waals surface area contributed by atoms with E-state index in [1.54, 1.807) is 31.3 Å². The van der Waals surface area contributed by atoms with Crippen LogP contribution in [-0.2, 0) is 7.05 Å². The topological polar surface area (TPSA) is 83.0 Å². The molecule has 22 heavy (non-hydrogen) atoms. The fraction of sp³-hybridized carbons (Fsp3) is 0.0667. The van der Waals surface area contributed by atoms with E-state index in [1.807, 2.05) is 18.2 Å². The first-order chi connectivity index (χ1) is 10.6. The fourth-order valence-corrected chi connectivity index (χ4v) is 2.19. The quantitative estimate of drug-likeness (QED) is 0.547. The third-order valence-corrected chi connectivity index (χ3v) is 3.28. The number of nitro groups is 1. The molecule has 0 atom stereocenters. The van der Waals surface area contributed by atoms with Crippen LogP contribution in [0.3, 0.4) is 0 Å². The van der Waals surface area contributed by atoms with E-state index < -0.39 is 4.92 Å². The van der Waals surface area contributed by atoms with Gasteiger partial charge in [-0.1, -0.05) is 18.2 Å². The molecule has 7 nitrogen and oxygen atoms in total. The summed E-state index contributed by atoms with van der Waals surface area (Å²) in [5, 5.41) is 15.0. The van der Waals surface area contributed by atoms with E-state index in [9.17, 15) is 14.9 Å². The van der Waals surface area contributed by atoms with Crippen LogP contribution >= 0.6 is 0 Å². The summed E-state index contributed by atoms with van der Waals surface area (Å²) in [6.07, 6.45) is 0. The lowest BCUT2D eigenvalue weighted by molar-refractivity contribution is -0.384. The molecule has 0 aliphatic heterocycles. The maximum absolute atomic E-state index is 12.3. The van der Waals surface area contributed by atoms with E-state index in [0.29, 0.717) is 17.1 Å². The minimum Gasteiger partial charge on any atom is -0.258 e. The third-order valence-electron chi connectivity index (χ3n) is 3.28. The fourth-order valence-electron chi connectivity index (χ4n) is 2.19. The summed E-state index contributed by atoms with van der Waals surface area (Å²) in [6.45, 7) is 0. The highest BCUT2D eigenvalue weighted by Crippen LogP contribution is 2.22. The highest BCUT2D eigenvalue weighted by Gasteiger charge is 2.15. The molecule has 0 radical (unpaired) electrons. The van der Waals surface area contributed by atoms with Gasteiger partial charge in [0.2, 0.25) is 0 Å². The van der Waals surface area contributed by atoms with Gasteiger partial charge in [0, 0.05) is 24.7 Å². The van der Waals surface area contributed by atoms with Crippen molar-refractivity contribution in [3.8, 4) is 17.1 Å². The van der Waals surface area contributed by atoms with Crippen molar-refractivity contribution in [1.82, 2.24) is 14.3 Å². The molecule has 7 heteroatoms. The second-order valence-electron chi connectivity index (χ2n) is 4.70. The second kappa shape index (κ2) is 5.28. The number of hydrogen-bond donors (Lipinski definition) is 0. The molecule has 3 aromatic rings. The SMILES string of the molecule is Cn1nc(-c2ccc([N+](=O)[O-])cc2)n(-c2ccccc2)c1=O. The van der Waals surface area contributed by atoms with E-state index in [4.69, 9.17) is 0 Å². The largest absolute Gasteiger partial charge is 0.350 e. The van der Waals surface area contributed by atoms with Crippen molar-refractivity contribution in [3.63, 3.8) is 0 Å². The number of aryl methyl sites for hydroxylation is 1. The van der Waals surface area contributed by atoms with Gasteiger partial charge in [-0.3, -0.25) is 10.1 Å². The third kappa shape index (κ3) is 2.28. The molecule has 0 aliphatic rings. The number of nitrogens with zero attached hydrogens (tertiary/aromatic N) is 4. The lowest BCUT2D eigenvalue weighted by Gasteiger charge is -2.05. The number of hydrogen-bond acceptors (Lipinski definition) is 4. The highest BCUT2D eigenvalue weighted by atomic mass is 16.6. The van der Waals surface area contributed by atoms with Gasteiger partial charge in [0.05, 0.1) is 10.6 Å². The van der Waals surface area contributed by atoms with Crippen LogP contribution in [0.5, 0.6) is 0 Å². The first-order valence-corrected chi connectivity index (χ1v) is 6.54. The van der Waals surface area contributed by atoms with Crippen LogP contribution in [0.1, 0.15) is 0 Å². The summed E-state index contributed by atoms with van der Waals surface area (Å²) in [5.74, 6) is 0.439. The zero-order chi connectivity index (χ0) is 15.7. The second-order valence-corrected chi connectivity index (χ2v) is 4.70. The van der Waals surface area contributed by atoms with Gasteiger partial charge in [-0.2, -0.15) is 0 Å². The molecule has 0 saturated carbocycles. The van der Waals surface area contributed by atoms with E-state index in [-0.39, 0.29) is 11.4 Å². The van der Waals surface area contributed by atoms with Crippen molar-refractivity contribution in [2.75, 3.05) is 0 Å². The van der Waals surface area contributed by atoms with E-state index in [1.165, 1.54) is 21.4 Å². The summed E-state index contributed by atoms with van der Waals surface area (Å²) >= 11 is 0. The Morgan fingerprint density at radius 3 is 2.27 bits per heavy atom. The lowest BCUT2D eigenvalue weighted by atomic mass is 10.2. The molecule has 1 heterocycles. The summed E-state index contributed by atoms with van der Waals surface area (Å²) in [4.78, 5) is 22.6. The summed E-state index contributed by atoms with van der Waals surface area (Å²) in [6, 6.07) is 15.1. The van der Waals surface area contributed by atoms with Crippen molar-refractivity contribution in [2.24, 2.45) is 7.05 Å². The van der Waals surface area contributed by atoms with Gasteiger partial charge < -0.3 is 0 Å². The van der Waals surface area contributed by atoms with Crippen LogP contribution in [-0.4, -0.2) is 19.3 Å². The summed E-state index contributed by atoms with van der Waals surface area (Å²) in [7, 11) is 1.57. The number of aromatic nitrogens is 3. The average molecular weight is 296 g/mol. The summed E-state index contributed by atoms with van der Waals surface area (Å²) in [5.41, 5.74) is 1.04. The van der Waals surface area contributed by atoms with E-state index >= 15 is 0 Å². The molecular weight excluding hydrogens is 284 g/mol. The molecule has 0 unspecified atom stereocenters. The Hall–Kier alpha value is -3.22. The number of nitro benzene ring substituents is 1. The summed E-state index contributed by atoms with van der Waals surface area (Å²) < 4.78 is 2.71. The molecule has 1 aromatic heterocycles. The molecule has 2 aromatic carbocycles. The Kier molecular flexibility index (Phi) is 3.30. The Morgan fingerprint density at radius 2 is 1.68 bits per heavy atom. The minimum atomic E-state index is -0.466. The van der Waals surface area contributed by atoms with Crippen molar-refractivity contribution >= 4 is 5.69 Å². The molecular formula is C15H12N4O3. The van der Waals surface area contributed by atoms with Crippen molar-refractivity contribution in [1.29, 1.82) is 0 Å². The Labute approximate surface area is 125 Å². The maximum atomic E-state index is 12.3. The van der Waals surface area contributed by atoms with Crippen LogP contribution in [0.4, 0.5) is 5.69 Å². The molecule has 110 valence electrons. The van der Waals surface area contributed by atoms with Crippen LogP contribution < -0.4 is 5.69 Å². The van der Waals surface area contributed by atoms with Gasteiger partial charge >= 0.3 is 5.69 Å². The highest BCUT2D eigenvalue weighted by molar-refractivity contribution is 5.60. The van der Waals surface area contributed by atoms with Gasteiger partial charge in [0.15, 0.2) is 5.82 Å². The van der Waals surface area contributed by atoms with Gasteiger partial charge in [-0.25, -0.2) is 14.0 Å². The van der Waals surface area contributed by atoms with Crippen LogP contribution in [0, 0.1) is 10.1 Å². The zero-order valence-corrected chi connectivity index (χ0v) is 11.7. The standard InChI is InChI=1S/C15H12N4O3/c1-17-15(20)18(12-5-3-2-4-6-12)14(16-17)11-7-9-13(10-8-11)19(21)22/h2-10H,1H3. The molecule has 0 aliphatic carbocycles. The molecule has 0 N–H and O–H groups in total. The molecule has 0 spiro atoms. The van der Waals surface area contributed by atoms with Crippen LogP contribution in [0.25, 0.3) is 17.1 Å². The number of rotatable bonds is 3. The van der Waals surface area contributed by atoms with Crippen LogP contribution in [0.2, 0.25) is 0 Å². The average Bonchev–Trinajstić information content (AvgIpc) is 2.84. The first-order valence-electron chi connectivity index (χ1n) is 6.54. The lowest BCUT2D eigenvalue weighted by Crippen LogP contribution is -2.21. The monoisotopic (exact) mass is 296 g/mol. The maximum Gasteiger partial charge on any atom is 0.350 e. The van der Waals surface area contributed by atoms with Gasteiger partial charge in [0.1, 0.15) is 0 Å². The zero-order valence-electron chi connectivity index (χ0n) is 11.7. The number of para-hydroxylation sites is 1. The Morgan fingerprint density at radius 1 is 1.05 bits per heavy atom. The predicted octanol–water partition coefficient (Wildman–Crippen LogP) is 2.15. The molecule has 0 bridgehead atoms. The molecule has 0 saturated heterocycles. The Balaban J connectivity index is 2.18. The van der Waals surface area contributed by atoms with Gasteiger partial charge in [0.25, 0.3) is 5.69 Å². The van der Waals surface area contributed by atoms with Crippen molar-refractivity contribution < 1.29 is 4.92 Å². The number of benzene rings is 2. The van der Waals surface area contributed by atoms with Crippen LogP contribution in [0.15, 0.2) is 59.4 Å². The van der Waals surface area contributed by atoms with Gasteiger partial charge in [-0.15, -0.1) is 5.10 Å². The smallest absolute Gasteiger partial charge is 0.258 e. The number of non-ortho nitro benzene ring substituents is 1. The molecule has 0 amide bonds. The van der Waals surface area contributed by atoms with Crippen molar-refractivity contribution in [2.45, 2.75) is 0 Å².